The van der Waals surface area contributed by atoms with Crippen LogP contribution < -0.4 is 5.32 Å². The second kappa shape index (κ2) is 4.89. The van der Waals surface area contributed by atoms with Crippen molar-refractivity contribution in [2.24, 2.45) is 0 Å². The van der Waals surface area contributed by atoms with E-state index in [1.807, 2.05) is 0 Å². The Labute approximate surface area is 108 Å². The van der Waals surface area contributed by atoms with Gasteiger partial charge in [-0.1, -0.05) is 0 Å². The Hall–Kier alpha value is -1.34. The highest BCUT2D eigenvalue weighted by molar-refractivity contribution is 9.10. The Morgan fingerprint density at radius 2 is 2.12 bits per heavy atom. The fourth-order valence-corrected chi connectivity index (χ4v) is 1.98. The molecular formula is C10H5BrF2N2OS. The summed E-state index contributed by atoms with van der Waals surface area (Å²) >= 11 is 4.09. The molecular weight excluding hydrogens is 314 g/mol. The number of hydrogen-bond donors (Lipinski definition) is 1. The first-order valence-corrected chi connectivity index (χ1v) is 6.15. The summed E-state index contributed by atoms with van der Waals surface area (Å²) < 4.78 is 26.6. The molecule has 1 N–H and O–H groups in total. The highest BCUT2D eigenvalue weighted by Crippen LogP contribution is 2.23. The summed E-state index contributed by atoms with van der Waals surface area (Å²) in [6.45, 7) is 0. The van der Waals surface area contributed by atoms with E-state index in [9.17, 15) is 13.6 Å². The first kappa shape index (κ1) is 12.1. The van der Waals surface area contributed by atoms with Gasteiger partial charge >= 0.3 is 0 Å². The lowest BCUT2D eigenvalue weighted by molar-refractivity contribution is 0.102. The molecule has 1 aromatic carbocycles. The fourth-order valence-electron chi connectivity index (χ4n) is 1.13. The molecule has 0 saturated carbocycles. The van der Waals surface area contributed by atoms with Crippen LogP contribution in [0.3, 0.4) is 0 Å². The van der Waals surface area contributed by atoms with E-state index in [0.717, 1.165) is 12.1 Å². The van der Waals surface area contributed by atoms with Gasteiger partial charge in [-0.25, -0.2) is 13.8 Å². The van der Waals surface area contributed by atoms with Gasteiger partial charge in [0.15, 0.2) is 0 Å². The lowest BCUT2D eigenvalue weighted by Crippen LogP contribution is -2.13. The summed E-state index contributed by atoms with van der Waals surface area (Å²) in [5.74, 6) is -1.95. The highest BCUT2D eigenvalue weighted by atomic mass is 79.9. The maximum absolute atomic E-state index is 13.4. The van der Waals surface area contributed by atoms with Crippen LogP contribution in [0.25, 0.3) is 0 Å². The summed E-state index contributed by atoms with van der Waals surface area (Å²) in [5.41, 5.74) is 1.43. The lowest BCUT2D eigenvalue weighted by Gasteiger charge is -2.05. The van der Waals surface area contributed by atoms with Crippen LogP contribution in [0, 0.1) is 11.6 Å². The fraction of sp³-hybridized carbons (Fsp3) is 0. The zero-order valence-electron chi connectivity index (χ0n) is 8.21. The summed E-state index contributed by atoms with van der Waals surface area (Å²) in [4.78, 5) is 15.3. The van der Waals surface area contributed by atoms with Crippen LogP contribution in [0.15, 0.2) is 27.5 Å². The van der Waals surface area contributed by atoms with E-state index in [4.69, 9.17) is 0 Å². The summed E-state index contributed by atoms with van der Waals surface area (Å²) in [7, 11) is 0. The zero-order chi connectivity index (χ0) is 12.4. The topological polar surface area (TPSA) is 42.0 Å². The van der Waals surface area contributed by atoms with Crippen molar-refractivity contribution in [1.29, 1.82) is 0 Å². The molecule has 0 aliphatic heterocycles. The Morgan fingerprint density at radius 3 is 2.76 bits per heavy atom. The monoisotopic (exact) mass is 318 g/mol. The second-order valence-corrected chi connectivity index (χ2v) is 4.65. The number of hydrogen-bond acceptors (Lipinski definition) is 3. The molecule has 1 aromatic heterocycles. The van der Waals surface area contributed by atoms with Gasteiger partial charge < -0.3 is 5.32 Å². The third-order valence-electron chi connectivity index (χ3n) is 1.92. The first-order valence-electron chi connectivity index (χ1n) is 4.42. The maximum Gasteiger partial charge on any atom is 0.275 e. The molecule has 0 fully saturated rings. The van der Waals surface area contributed by atoms with Crippen LogP contribution in [0.5, 0.6) is 0 Å². The van der Waals surface area contributed by atoms with Crippen molar-refractivity contribution in [2.45, 2.75) is 0 Å². The number of aromatic nitrogens is 1. The third-order valence-corrected chi connectivity index (χ3v) is 3.12. The predicted octanol–water partition coefficient (Wildman–Crippen LogP) is 3.44. The maximum atomic E-state index is 13.4. The van der Waals surface area contributed by atoms with E-state index in [2.05, 4.69) is 26.2 Å². The molecule has 2 rings (SSSR count). The molecule has 17 heavy (non-hydrogen) atoms. The van der Waals surface area contributed by atoms with Crippen molar-refractivity contribution in [3.8, 4) is 0 Å². The van der Waals surface area contributed by atoms with Gasteiger partial charge in [0.2, 0.25) is 0 Å². The number of rotatable bonds is 2. The minimum Gasteiger partial charge on any atom is -0.318 e. The SMILES string of the molecule is O=C(Nc1cc(F)c(Br)cc1F)c1cscn1. The van der Waals surface area contributed by atoms with Gasteiger partial charge in [-0.15, -0.1) is 11.3 Å². The molecule has 7 heteroatoms. The van der Waals surface area contributed by atoms with Crippen molar-refractivity contribution in [1.82, 2.24) is 4.98 Å². The molecule has 3 nitrogen and oxygen atoms in total. The molecule has 0 aliphatic rings. The predicted molar refractivity (Wildman–Crippen MR) is 64.1 cm³/mol. The average Bonchev–Trinajstić information content (AvgIpc) is 2.79. The number of carbonyl (C=O) groups is 1. The Morgan fingerprint density at radius 1 is 1.35 bits per heavy atom. The summed E-state index contributed by atoms with van der Waals surface area (Å²) in [6, 6.07) is 1.86. The molecule has 0 aliphatic carbocycles. The molecule has 0 atom stereocenters. The van der Waals surface area contributed by atoms with Gasteiger partial charge in [-0.2, -0.15) is 0 Å². The van der Waals surface area contributed by atoms with E-state index < -0.39 is 17.5 Å². The number of anilines is 1. The average molecular weight is 319 g/mol. The van der Waals surface area contributed by atoms with Gasteiger partial charge in [-0.3, -0.25) is 4.79 Å². The van der Waals surface area contributed by atoms with E-state index in [1.54, 1.807) is 0 Å². The van der Waals surface area contributed by atoms with E-state index >= 15 is 0 Å². The Kier molecular flexibility index (Phi) is 3.49. The molecule has 1 amide bonds. The number of nitrogens with one attached hydrogen (secondary N) is 1. The standard InChI is InChI=1S/C10H5BrF2N2OS/c11-5-1-7(13)8(2-6(5)12)15-10(16)9-3-17-4-14-9/h1-4H,(H,15,16). The quantitative estimate of drug-likeness (QED) is 0.862. The second-order valence-electron chi connectivity index (χ2n) is 3.07. The molecule has 2 aromatic rings. The van der Waals surface area contributed by atoms with E-state index in [1.165, 1.54) is 22.2 Å². The number of halogens is 3. The first-order chi connectivity index (χ1) is 8.08. The Balaban J connectivity index is 2.25. The molecule has 0 radical (unpaired) electrons. The third kappa shape index (κ3) is 2.67. The van der Waals surface area contributed by atoms with Gasteiger partial charge in [0.1, 0.15) is 17.3 Å². The van der Waals surface area contributed by atoms with Gasteiger partial charge in [0.25, 0.3) is 5.91 Å². The lowest BCUT2D eigenvalue weighted by atomic mass is 10.3. The number of amides is 1. The number of nitrogens with zero attached hydrogens (tertiary/aromatic N) is 1. The number of thiazole rings is 1. The zero-order valence-corrected chi connectivity index (χ0v) is 10.6. The molecule has 0 bridgehead atoms. The van der Waals surface area contributed by atoms with Crippen LogP contribution in [0.4, 0.5) is 14.5 Å². The molecule has 0 spiro atoms. The van der Waals surface area contributed by atoms with Crippen LogP contribution >= 0.6 is 27.3 Å². The van der Waals surface area contributed by atoms with Gasteiger partial charge in [0, 0.05) is 11.4 Å². The molecule has 1 heterocycles. The molecule has 88 valence electrons. The van der Waals surface area contributed by atoms with Crippen molar-refractivity contribution in [3.63, 3.8) is 0 Å². The largest absolute Gasteiger partial charge is 0.318 e. The van der Waals surface area contributed by atoms with Crippen molar-refractivity contribution < 1.29 is 13.6 Å². The minimum atomic E-state index is -0.721. The van der Waals surface area contributed by atoms with Crippen molar-refractivity contribution in [2.75, 3.05) is 5.32 Å². The molecule has 0 saturated heterocycles. The van der Waals surface area contributed by atoms with Crippen LogP contribution in [-0.2, 0) is 0 Å². The van der Waals surface area contributed by atoms with Crippen LogP contribution in [0.1, 0.15) is 10.5 Å². The minimum absolute atomic E-state index is 0.00153. The van der Waals surface area contributed by atoms with Gasteiger partial charge in [-0.05, 0) is 22.0 Å². The summed E-state index contributed by atoms with van der Waals surface area (Å²) in [6.07, 6.45) is 0. The smallest absolute Gasteiger partial charge is 0.275 e. The van der Waals surface area contributed by atoms with Crippen molar-refractivity contribution >= 4 is 38.9 Å². The van der Waals surface area contributed by atoms with Crippen LogP contribution in [0.2, 0.25) is 0 Å². The number of carbonyl (C=O) groups excluding carboxylic acids is 1. The highest BCUT2D eigenvalue weighted by Gasteiger charge is 2.13. The summed E-state index contributed by atoms with van der Waals surface area (Å²) in [5, 5.41) is 3.77. The van der Waals surface area contributed by atoms with Gasteiger partial charge in [0.05, 0.1) is 15.7 Å². The normalized spacial score (nSPS) is 10.3. The van der Waals surface area contributed by atoms with Crippen LogP contribution in [-0.4, -0.2) is 10.9 Å². The van der Waals surface area contributed by atoms with Crippen molar-refractivity contribution in [3.05, 3.63) is 44.8 Å². The molecule has 0 unspecified atom stereocenters. The Bertz CT molecular complexity index is 560. The number of benzene rings is 1. The van der Waals surface area contributed by atoms with E-state index in [0.29, 0.717) is 0 Å². The van der Waals surface area contributed by atoms with E-state index in [-0.39, 0.29) is 15.9 Å².